The summed E-state index contributed by atoms with van der Waals surface area (Å²) in [5, 5.41) is 8.52. The minimum absolute atomic E-state index is 0.255. The molecule has 0 bridgehead atoms. The van der Waals surface area contributed by atoms with Gasteiger partial charge in [-0.25, -0.2) is 10.6 Å². The van der Waals surface area contributed by atoms with Gasteiger partial charge in [0.1, 0.15) is 5.84 Å². The normalized spacial score (nSPS) is 17.3. The number of nitrogens with two attached hydrogens (primary N) is 1. The number of methoxy groups -OCH3 is 1. The lowest BCUT2D eigenvalue weighted by Crippen LogP contribution is -2.41. The van der Waals surface area contributed by atoms with Crippen LogP contribution in [0.25, 0.3) is 0 Å². The zero-order chi connectivity index (χ0) is 9.14. The van der Waals surface area contributed by atoms with Gasteiger partial charge in [-0.05, 0) is 0 Å². The maximum absolute atomic E-state index is 11.0. The largest absolute Gasteiger partial charge is 0.466 e. The molecule has 0 atom stereocenters. The summed E-state index contributed by atoms with van der Waals surface area (Å²) in [6.45, 7) is 0.255. The molecule has 0 saturated carbocycles. The second-order valence-electron chi connectivity index (χ2n) is 2.50. The van der Waals surface area contributed by atoms with Gasteiger partial charge in [-0.3, -0.25) is 10.4 Å². The zero-order valence-electron chi connectivity index (χ0n) is 6.83. The molecule has 0 saturated heterocycles. The monoisotopic (exact) mass is 169 g/mol. The predicted molar refractivity (Wildman–Crippen MR) is 43.3 cm³/mol. The third kappa shape index (κ3) is 1.62. The smallest absolute Gasteiger partial charge is 0.335 e. The summed E-state index contributed by atoms with van der Waals surface area (Å²) in [4.78, 5) is 11.0. The SMILES string of the molecule is COC(=O)C1=CCC(=N)N(N)C1. The molecule has 0 unspecified atom stereocenters. The number of hydrogen-bond acceptors (Lipinski definition) is 4. The first-order chi connectivity index (χ1) is 5.65. The van der Waals surface area contributed by atoms with E-state index in [0.29, 0.717) is 17.8 Å². The van der Waals surface area contributed by atoms with E-state index in [1.165, 1.54) is 12.1 Å². The molecular formula is C7H11N3O2. The van der Waals surface area contributed by atoms with E-state index in [1.807, 2.05) is 0 Å². The van der Waals surface area contributed by atoms with Crippen molar-refractivity contribution in [1.29, 1.82) is 5.41 Å². The maximum atomic E-state index is 11.0. The lowest BCUT2D eigenvalue weighted by Gasteiger charge is -2.23. The van der Waals surface area contributed by atoms with Gasteiger partial charge in [-0.2, -0.15) is 0 Å². The summed E-state index contributed by atoms with van der Waals surface area (Å²) in [7, 11) is 1.32. The van der Waals surface area contributed by atoms with Gasteiger partial charge in [-0.1, -0.05) is 6.08 Å². The van der Waals surface area contributed by atoms with Crippen LogP contribution in [0, 0.1) is 5.41 Å². The molecule has 0 aromatic heterocycles. The van der Waals surface area contributed by atoms with Crippen LogP contribution in [0.3, 0.4) is 0 Å². The third-order valence-corrected chi connectivity index (χ3v) is 1.68. The fourth-order valence-corrected chi connectivity index (χ4v) is 0.960. The van der Waals surface area contributed by atoms with Gasteiger partial charge < -0.3 is 4.74 Å². The first-order valence-corrected chi connectivity index (χ1v) is 3.52. The molecule has 0 aliphatic carbocycles. The summed E-state index contributed by atoms with van der Waals surface area (Å²) in [5.41, 5.74) is 0.510. The molecular weight excluding hydrogens is 158 g/mol. The Hall–Kier alpha value is -1.36. The number of nitrogens with one attached hydrogen (secondary N) is 1. The van der Waals surface area contributed by atoms with Crippen molar-refractivity contribution < 1.29 is 9.53 Å². The zero-order valence-corrected chi connectivity index (χ0v) is 6.83. The van der Waals surface area contributed by atoms with Crippen molar-refractivity contribution in [3.63, 3.8) is 0 Å². The molecule has 3 N–H and O–H groups in total. The van der Waals surface area contributed by atoms with E-state index in [-0.39, 0.29) is 12.5 Å². The van der Waals surface area contributed by atoms with Crippen molar-refractivity contribution in [3.8, 4) is 0 Å². The fraction of sp³-hybridized carbons (Fsp3) is 0.429. The Morgan fingerprint density at radius 1 is 1.83 bits per heavy atom. The van der Waals surface area contributed by atoms with Crippen LogP contribution in [-0.4, -0.2) is 30.5 Å². The molecule has 1 rings (SSSR count). The minimum atomic E-state index is -0.377. The first kappa shape index (κ1) is 8.73. The van der Waals surface area contributed by atoms with E-state index < -0.39 is 0 Å². The number of carbonyl (C=O) groups is 1. The Morgan fingerprint density at radius 3 is 3.00 bits per heavy atom. The van der Waals surface area contributed by atoms with Gasteiger partial charge >= 0.3 is 5.97 Å². The number of carbonyl (C=O) groups excluding carboxylic acids is 1. The molecule has 1 heterocycles. The molecule has 5 nitrogen and oxygen atoms in total. The van der Waals surface area contributed by atoms with E-state index in [0.717, 1.165) is 0 Å². The average Bonchev–Trinajstić information content (AvgIpc) is 2.08. The Labute approximate surface area is 70.3 Å². The fourth-order valence-electron chi connectivity index (χ4n) is 0.960. The molecule has 1 aliphatic rings. The number of esters is 1. The highest BCUT2D eigenvalue weighted by molar-refractivity contribution is 5.93. The van der Waals surface area contributed by atoms with Crippen molar-refractivity contribution in [2.75, 3.05) is 13.7 Å². The third-order valence-electron chi connectivity index (χ3n) is 1.68. The standard InChI is InChI=1S/C7H11N3O2/c1-12-7(11)5-2-3-6(8)10(9)4-5/h2,8H,3-4,9H2,1H3. The van der Waals surface area contributed by atoms with Crippen molar-refractivity contribution >= 4 is 11.8 Å². The van der Waals surface area contributed by atoms with Crippen LogP contribution in [0.1, 0.15) is 6.42 Å². The summed E-state index contributed by atoms with van der Waals surface area (Å²) >= 11 is 0. The van der Waals surface area contributed by atoms with E-state index in [4.69, 9.17) is 11.3 Å². The van der Waals surface area contributed by atoms with Crippen LogP contribution < -0.4 is 5.84 Å². The van der Waals surface area contributed by atoms with Gasteiger partial charge in [0.05, 0.1) is 19.2 Å². The Kier molecular flexibility index (Phi) is 2.44. The second kappa shape index (κ2) is 3.36. The summed E-state index contributed by atoms with van der Waals surface area (Å²) in [6.07, 6.45) is 2.05. The number of nitrogens with zero attached hydrogens (tertiary/aromatic N) is 1. The molecule has 0 amide bonds. The second-order valence-corrected chi connectivity index (χ2v) is 2.50. The number of hydrogen-bond donors (Lipinski definition) is 2. The Morgan fingerprint density at radius 2 is 2.50 bits per heavy atom. The molecule has 5 heteroatoms. The van der Waals surface area contributed by atoms with Crippen LogP contribution in [0.4, 0.5) is 0 Å². The predicted octanol–water partition coefficient (Wildman–Crippen LogP) is -0.358. The number of rotatable bonds is 1. The van der Waals surface area contributed by atoms with Gasteiger partial charge in [0.2, 0.25) is 0 Å². The lowest BCUT2D eigenvalue weighted by molar-refractivity contribution is -0.136. The topological polar surface area (TPSA) is 79.4 Å². The van der Waals surface area contributed by atoms with E-state index in [9.17, 15) is 4.79 Å². The van der Waals surface area contributed by atoms with Crippen LogP contribution in [0.2, 0.25) is 0 Å². The van der Waals surface area contributed by atoms with E-state index in [2.05, 4.69) is 4.74 Å². The average molecular weight is 169 g/mol. The van der Waals surface area contributed by atoms with Crippen molar-refractivity contribution in [2.24, 2.45) is 5.84 Å². The molecule has 0 spiro atoms. The first-order valence-electron chi connectivity index (χ1n) is 3.52. The number of hydrazine groups is 1. The lowest BCUT2D eigenvalue weighted by atomic mass is 10.1. The van der Waals surface area contributed by atoms with E-state index >= 15 is 0 Å². The van der Waals surface area contributed by atoms with Gasteiger partial charge in [-0.15, -0.1) is 0 Å². The summed E-state index contributed by atoms with van der Waals surface area (Å²) < 4.78 is 4.51. The van der Waals surface area contributed by atoms with Crippen molar-refractivity contribution in [2.45, 2.75) is 6.42 Å². The highest BCUT2D eigenvalue weighted by Gasteiger charge is 2.18. The van der Waals surface area contributed by atoms with Crippen LogP contribution in [-0.2, 0) is 9.53 Å². The van der Waals surface area contributed by atoms with E-state index in [1.54, 1.807) is 6.08 Å². The van der Waals surface area contributed by atoms with Crippen LogP contribution in [0.15, 0.2) is 11.6 Å². The van der Waals surface area contributed by atoms with Gasteiger partial charge in [0.15, 0.2) is 0 Å². The number of ether oxygens (including phenoxy) is 1. The molecule has 0 fully saturated rings. The number of amidine groups is 1. The highest BCUT2D eigenvalue weighted by atomic mass is 16.5. The molecule has 0 aromatic carbocycles. The van der Waals surface area contributed by atoms with Crippen LogP contribution >= 0.6 is 0 Å². The molecule has 66 valence electrons. The molecule has 12 heavy (non-hydrogen) atoms. The quantitative estimate of drug-likeness (QED) is 0.415. The molecule has 0 radical (unpaired) electrons. The minimum Gasteiger partial charge on any atom is -0.466 e. The highest BCUT2D eigenvalue weighted by Crippen LogP contribution is 2.08. The van der Waals surface area contributed by atoms with Crippen molar-refractivity contribution in [3.05, 3.63) is 11.6 Å². The van der Waals surface area contributed by atoms with Crippen molar-refractivity contribution in [1.82, 2.24) is 5.01 Å². The maximum Gasteiger partial charge on any atom is 0.335 e. The van der Waals surface area contributed by atoms with Gasteiger partial charge in [0.25, 0.3) is 0 Å². The Bertz CT molecular complexity index is 247. The Balaban J connectivity index is 2.70. The molecule has 1 aliphatic heterocycles. The summed E-state index contributed by atoms with van der Waals surface area (Å²) in [5.74, 6) is 5.35. The van der Waals surface area contributed by atoms with Crippen LogP contribution in [0.5, 0.6) is 0 Å². The van der Waals surface area contributed by atoms with Gasteiger partial charge in [0, 0.05) is 6.42 Å². The molecule has 0 aromatic rings. The summed E-state index contributed by atoms with van der Waals surface area (Å²) in [6, 6.07) is 0.